The van der Waals surface area contributed by atoms with Gasteiger partial charge in [-0.2, -0.15) is 4.58 Å². The van der Waals surface area contributed by atoms with E-state index in [1.54, 1.807) is 0 Å². The van der Waals surface area contributed by atoms with Gasteiger partial charge in [-0.1, -0.05) is 68.2 Å². The second-order valence-electron chi connectivity index (χ2n) is 12.8. The summed E-state index contributed by atoms with van der Waals surface area (Å²) in [6, 6.07) is 17.3. The minimum atomic E-state index is -0.163. The summed E-state index contributed by atoms with van der Waals surface area (Å²) in [5.41, 5.74) is 7.23. The van der Waals surface area contributed by atoms with E-state index in [2.05, 4.69) is 116 Å². The largest absolute Gasteiger partial charge is 0.377 e. The van der Waals surface area contributed by atoms with Crippen LogP contribution >= 0.6 is 0 Å². The Morgan fingerprint density at radius 2 is 1.18 bits per heavy atom. The standard InChI is InChI=1S/C41H53N2O6/c1-7-22-44-26-28-46-24-20-42-36-16-11-9-14-34(36)40(3,4)38(42)18-13-19-39-41(5,6)35-15-10-12-17-37(35)43(39)21-25-47-29-31-49-33-32-48-30-27-45-23-8-2/h1-2,9-19H,20-33H2,3-6H3/q+1. The first-order valence-corrected chi connectivity index (χ1v) is 17.2. The van der Waals surface area contributed by atoms with Crippen LogP contribution in [-0.2, 0) is 39.3 Å². The highest BCUT2D eigenvalue weighted by molar-refractivity contribution is 6.03. The average Bonchev–Trinajstić information content (AvgIpc) is 3.45. The summed E-state index contributed by atoms with van der Waals surface area (Å²) in [5.74, 6) is 4.92. The quantitative estimate of drug-likeness (QED) is 0.0911. The van der Waals surface area contributed by atoms with Crippen molar-refractivity contribution in [1.29, 1.82) is 0 Å². The van der Waals surface area contributed by atoms with Crippen molar-refractivity contribution in [2.75, 3.05) is 97.3 Å². The summed E-state index contributed by atoms with van der Waals surface area (Å²) >= 11 is 0. The van der Waals surface area contributed by atoms with Gasteiger partial charge in [-0.3, -0.25) is 0 Å². The van der Waals surface area contributed by atoms with Gasteiger partial charge in [0.05, 0.1) is 64.9 Å². The predicted octanol–water partition coefficient (Wildman–Crippen LogP) is 5.67. The molecule has 0 N–H and O–H groups in total. The van der Waals surface area contributed by atoms with E-state index in [4.69, 9.17) is 41.3 Å². The Kier molecular flexibility index (Phi) is 15.1. The molecule has 0 aliphatic carbocycles. The average molecular weight is 670 g/mol. The van der Waals surface area contributed by atoms with Crippen molar-refractivity contribution in [2.45, 2.75) is 38.5 Å². The van der Waals surface area contributed by atoms with Crippen LogP contribution in [0.3, 0.4) is 0 Å². The number of allylic oxidation sites excluding steroid dienone is 4. The van der Waals surface area contributed by atoms with Crippen molar-refractivity contribution in [3.05, 3.63) is 83.6 Å². The SMILES string of the molecule is C#CCOCCOCCOCCOCC[N+]1=C(/C=C/C=C2/N(CCOCCOCC#C)c3ccccc3C2(C)C)C(C)(C)c2ccccc21. The number of benzene rings is 2. The van der Waals surface area contributed by atoms with Crippen LogP contribution in [0.1, 0.15) is 38.8 Å². The molecule has 2 aliphatic rings. The van der Waals surface area contributed by atoms with Gasteiger partial charge in [0.1, 0.15) is 19.8 Å². The maximum Gasteiger partial charge on any atom is 0.209 e. The van der Waals surface area contributed by atoms with E-state index >= 15 is 0 Å². The molecule has 49 heavy (non-hydrogen) atoms. The first-order chi connectivity index (χ1) is 23.8. The van der Waals surface area contributed by atoms with Gasteiger partial charge in [0.2, 0.25) is 5.69 Å². The number of terminal acetylenes is 2. The molecule has 0 saturated carbocycles. The third kappa shape index (κ3) is 10.2. The summed E-state index contributed by atoms with van der Waals surface area (Å²) in [5, 5.41) is 0. The number of nitrogens with zero attached hydrogens (tertiary/aromatic N) is 2. The van der Waals surface area contributed by atoms with Crippen LogP contribution < -0.4 is 4.90 Å². The number of rotatable bonds is 22. The lowest BCUT2D eigenvalue weighted by Crippen LogP contribution is -2.30. The molecule has 2 aromatic carbocycles. The number of ether oxygens (including phenoxy) is 6. The molecule has 0 saturated heterocycles. The fraction of sp³-hybridized carbons (Fsp3) is 0.488. The molecule has 262 valence electrons. The Morgan fingerprint density at radius 1 is 0.653 bits per heavy atom. The minimum absolute atomic E-state index is 0.159. The zero-order chi connectivity index (χ0) is 35.0. The third-order valence-electron chi connectivity index (χ3n) is 8.88. The molecule has 2 aliphatic heterocycles. The first-order valence-electron chi connectivity index (χ1n) is 17.2. The van der Waals surface area contributed by atoms with Crippen LogP contribution in [0.25, 0.3) is 0 Å². The molecule has 4 rings (SSSR count). The lowest BCUT2D eigenvalue weighted by atomic mass is 9.81. The molecule has 0 atom stereocenters. The van der Waals surface area contributed by atoms with Crippen molar-refractivity contribution in [1.82, 2.24) is 0 Å². The van der Waals surface area contributed by atoms with Crippen LogP contribution in [-0.4, -0.2) is 103 Å². The van der Waals surface area contributed by atoms with E-state index in [0.29, 0.717) is 79.3 Å². The van der Waals surface area contributed by atoms with Crippen molar-refractivity contribution in [2.24, 2.45) is 0 Å². The lowest BCUT2D eigenvalue weighted by molar-refractivity contribution is -0.442. The fourth-order valence-electron chi connectivity index (χ4n) is 6.45. The first kappa shape index (κ1) is 38.1. The third-order valence-corrected chi connectivity index (χ3v) is 8.88. The Morgan fingerprint density at radius 3 is 1.82 bits per heavy atom. The number of para-hydroxylation sites is 2. The normalized spacial score (nSPS) is 16.7. The van der Waals surface area contributed by atoms with Gasteiger partial charge in [0.15, 0.2) is 12.3 Å². The second-order valence-corrected chi connectivity index (χ2v) is 12.8. The Balaban J connectivity index is 1.40. The molecule has 0 fully saturated rings. The highest BCUT2D eigenvalue weighted by atomic mass is 16.6. The molecule has 0 amide bonds. The van der Waals surface area contributed by atoms with Crippen LogP contribution in [0.15, 0.2) is 72.5 Å². The maximum atomic E-state index is 6.01. The Labute approximate surface area is 293 Å². The monoisotopic (exact) mass is 669 g/mol. The molecule has 0 radical (unpaired) electrons. The van der Waals surface area contributed by atoms with Gasteiger partial charge in [0.25, 0.3) is 0 Å². The summed E-state index contributed by atoms with van der Waals surface area (Å²) in [6.45, 7) is 16.5. The van der Waals surface area contributed by atoms with Gasteiger partial charge in [-0.15, -0.1) is 12.8 Å². The van der Waals surface area contributed by atoms with E-state index in [-0.39, 0.29) is 10.8 Å². The van der Waals surface area contributed by atoms with E-state index in [1.165, 1.54) is 33.9 Å². The zero-order valence-electron chi connectivity index (χ0n) is 29.7. The van der Waals surface area contributed by atoms with Gasteiger partial charge in [0, 0.05) is 41.1 Å². The van der Waals surface area contributed by atoms with E-state index < -0.39 is 0 Å². The minimum Gasteiger partial charge on any atom is -0.377 e. The fourth-order valence-corrected chi connectivity index (χ4v) is 6.45. The van der Waals surface area contributed by atoms with Crippen molar-refractivity contribution in [3.63, 3.8) is 0 Å². The van der Waals surface area contributed by atoms with Gasteiger partial charge >= 0.3 is 0 Å². The van der Waals surface area contributed by atoms with E-state index in [9.17, 15) is 0 Å². The summed E-state index contributed by atoms with van der Waals surface area (Å²) in [4.78, 5) is 2.39. The topological polar surface area (TPSA) is 61.6 Å². The van der Waals surface area contributed by atoms with Crippen LogP contribution in [0.5, 0.6) is 0 Å². The summed E-state index contributed by atoms with van der Waals surface area (Å²) in [6.07, 6.45) is 17.2. The Hall–Kier alpha value is -3.73. The second kappa shape index (κ2) is 19.5. The molecular weight excluding hydrogens is 616 g/mol. The summed E-state index contributed by atoms with van der Waals surface area (Å²) < 4.78 is 36.0. The number of hydrogen-bond donors (Lipinski definition) is 0. The molecule has 0 bridgehead atoms. The number of hydrogen-bond acceptors (Lipinski definition) is 7. The lowest BCUT2D eigenvalue weighted by Gasteiger charge is -2.27. The molecule has 8 nitrogen and oxygen atoms in total. The predicted molar refractivity (Wildman–Crippen MR) is 196 cm³/mol. The van der Waals surface area contributed by atoms with Crippen molar-refractivity contribution in [3.8, 4) is 24.7 Å². The smallest absolute Gasteiger partial charge is 0.209 e. The number of anilines is 1. The highest BCUT2D eigenvalue weighted by Crippen LogP contribution is 2.47. The molecular formula is C41H53N2O6+. The van der Waals surface area contributed by atoms with E-state index in [0.717, 1.165) is 13.1 Å². The molecule has 2 heterocycles. The van der Waals surface area contributed by atoms with E-state index in [1.807, 2.05) is 0 Å². The van der Waals surface area contributed by atoms with Crippen molar-refractivity contribution >= 4 is 17.1 Å². The molecule has 8 heteroatoms. The van der Waals surface area contributed by atoms with Crippen molar-refractivity contribution < 1.29 is 33.0 Å². The zero-order valence-corrected chi connectivity index (χ0v) is 29.7. The summed E-state index contributed by atoms with van der Waals surface area (Å²) in [7, 11) is 0. The molecule has 0 spiro atoms. The van der Waals surface area contributed by atoms with Crippen LogP contribution in [0.2, 0.25) is 0 Å². The highest BCUT2D eigenvalue weighted by Gasteiger charge is 2.44. The Bertz CT molecular complexity index is 1530. The number of fused-ring (bicyclic) bond motifs is 2. The van der Waals surface area contributed by atoms with Crippen LogP contribution in [0.4, 0.5) is 11.4 Å². The maximum absolute atomic E-state index is 6.01. The van der Waals surface area contributed by atoms with Gasteiger partial charge < -0.3 is 33.3 Å². The van der Waals surface area contributed by atoms with Gasteiger partial charge in [-0.25, -0.2) is 0 Å². The molecule has 0 aromatic heterocycles. The molecule has 2 aromatic rings. The van der Waals surface area contributed by atoms with Gasteiger partial charge in [-0.05, 0) is 31.6 Å². The molecule has 0 unspecified atom stereocenters. The van der Waals surface area contributed by atoms with Crippen LogP contribution in [0, 0.1) is 24.7 Å².